The Kier molecular flexibility index (Phi) is 6.09. The average molecular weight is 407 g/mol. The Morgan fingerprint density at radius 2 is 1.80 bits per heavy atom. The lowest BCUT2D eigenvalue weighted by Crippen LogP contribution is -2.57. The van der Waals surface area contributed by atoms with Gasteiger partial charge in [-0.1, -0.05) is 61.7 Å². The lowest BCUT2D eigenvalue weighted by molar-refractivity contribution is -0.130. The number of nitrogens with zero attached hydrogens (tertiary/aromatic N) is 1. The second-order valence-electron chi connectivity index (χ2n) is 8.42. The molecule has 2 aromatic rings. The van der Waals surface area contributed by atoms with E-state index in [1.165, 1.54) is 6.42 Å². The lowest BCUT2D eigenvalue weighted by atomic mass is 9.75. The van der Waals surface area contributed by atoms with Gasteiger partial charge in [-0.15, -0.1) is 0 Å². The topological polar surface area (TPSA) is 61.8 Å². The van der Waals surface area contributed by atoms with Crippen molar-refractivity contribution in [2.45, 2.75) is 57.0 Å². The van der Waals surface area contributed by atoms with E-state index < -0.39 is 0 Å². The zero-order valence-corrected chi connectivity index (χ0v) is 17.5. The van der Waals surface area contributed by atoms with Gasteiger partial charge in [0.05, 0.1) is 6.42 Å². The Labute approximate surface area is 178 Å². The average Bonchev–Trinajstić information content (AvgIpc) is 2.78. The van der Waals surface area contributed by atoms with Gasteiger partial charge in [-0.3, -0.25) is 10.0 Å². The number of amides is 1. The zero-order chi connectivity index (χ0) is 21.0. The maximum atomic E-state index is 12.2. The highest BCUT2D eigenvalue weighted by molar-refractivity contribution is 5.84. The van der Waals surface area contributed by atoms with Gasteiger partial charge in [-0.2, -0.15) is 0 Å². The van der Waals surface area contributed by atoms with Gasteiger partial charge < -0.3 is 9.64 Å². The number of fused-ring (bicyclic) bond motifs is 1. The fraction of sp³-hybridized carbons (Fsp3) is 0.400. The third-order valence-electron chi connectivity index (χ3n) is 6.41. The van der Waals surface area contributed by atoms with Crippen LogP contribution in [0.1, 0.15) is 51.0 Å². The molecule has 2 aliphatic rings. The van der Waals surface area contributed by atoms with E-state index in [4.69, 9.17) is 4.74 Å². The fourth-order valence-corrected chi connectivity index (χ4v) is 5.17. The molecule has 30 heavy (non-hydrogen) atoms. The molecule has 0 aromatic heterocycles. The van der Waals surface area contributed by atoms with Crippen LogP contribution in [0.3, 0.4) is 0 Å². The standard InChI is InChI=1S/C25H30N2O3/c1-19-16-20(18-30-21-10-4-2-5-11-21)22-12-6-7-13-23(22)27(19)25(17-24(28)26-29)14-8-3-9-15-25/h2,4-7,10-13,16,19,29H,3,8-9,14-15,17-18H2,1H3,(H,26,28). The molecule has 0 saturated heterocycles. The van der Waals surface area contributed by atoms with Gasteiger partial charge in [0, 0.05) is 22.8 Å². The van der Waals surface area contributed by atoms with Gasteiger partial charge >= 0.3 is 0 Å². The first kappa shape index (κ1) is 20.5. The second kappa shape index (κ2) is 8.92. The number of para-hydroxylation sites is 2. The summed E-state index contributed by atoms with van der Waals surface area (Å²) in [4.78, 5) is 14.7. The molecule has 0 bridgehead atoms. The number of anilines is 1. The first-order valence-electron chi connectivity index (χ1n) is 10.8. The molecule has 2 aromatic carbocycles. The molecular weight excluding hydrogens is 376 g/mol. The van der Waals surface area contributed by atoms with E-state index in [9.17, 15) is 10.0 Å². The largest absolute Gasteiger partial charge is 0.489 e. The molecule has 158 valence electrons. The van der Waals surface area contributed by atoms with Crippen LogP contribution < -0.4 is 15.1 Å². The number of nitrogens with one attached hydrogen (secondary N) is 1. The minimum absolute atomic E-state index is 0.124. The monoisotopic (exact) mass is 406 g/mol. The summed E-state index contributed by atoms with van der Waals surface area (Å²) >= 11 is 0. The molecule has 5 nitrogen and oxygen atoms in total. The summed E-state index contributed by atoms with van der Waals surface area (Å²) in [5, 5.41) is 9.21. The molecule has 2 N–H and O–H groups in total. The van der Waals surface area contributed by atoms with Gasteiger partial charge in [0.25, 0.3) is 0 Å². The summed E-state index contributed by atoms with van der Waals surface area (Å²) in [7, 11) is 0. The van der Waals surface area contributed by atoms with Crippen LogP contribution in [0.25, 0.3) is 5.57 Å². The Morgan fingerprint density at radius 3 is 2.53 bits per heavy atom. The Balaban J connectivity index is 1.67. The van der Waals surface area contributed by atoms with Crippen LogP contribution in [0, 0.1) is 0 Å². The van der Waals surface area contributed by atoms with Crippen molar-refractivity contribution >= 4 is 17.2 Å². The third-order valence-corrected chi connectivity index (χ3v) is 6.41. The highest BCUT2D eigenvalue weighted by Crippen LogP contribution is 2.45. The van der Waals surface area contributed by atoms with Crippen LogP contribution in [0.4, 0.5) is 5.69 Å². The molecule has 0 radical (unpaired) electrons. The highest BCUT2D eigenvalue weighted by atomic mass is 16.5. The Bertz CT molecular complexity index is 904. The summed E-state index contributed by atoms with van der Waals surface area (Å²) in [6.07, 6.45) is 7.84. The molecule has 1 saturated carbocycles. The molecule has 1 fully saturated rings. The number of ether oxygens (including phenoxy) is 1. The lowest BCUT2D eigenvalue weighted by Gasteiger charge is -2.52. The molecule has 1 unspecified atom stereocenters. The predicted molar refractivity (Wildman–Crippen MR) is 119 cm³/mol. The van der Waals surface area contributed by atoms with E-state index in [0.29, 0.717) is 13.0 Å². The first-order valence-corrected chi connectivity index (χ1v) is 10.8. The van der Waals surface area contributed by atoms with Crippen LogP contribution in [0.15, 0.2) is 60.7 Å². The smallest absolute Gasteiger partial charge is 0.245 e. The number of hydrogen-bond acceptors (Lipinski definition) is 4. The molecular formula is C25H30N2O3. The van der Waals surface area contributed by atoms with E-state index in [1.54, 1.807) is 0 Å². The third kappa shape index (κ3) is 4.08. The van der Waals surface area contributed by atoms with Crippen molar-refractivity contribution in [3.8, 4) is 5.75 Å². The number of benzene rings is 2. The normalized spacial score (nSPS) is 20.1. The minimum atomic E-state index is -0.316. The van der Waals surface area contributed by atoms with Crippen molar-refractivity contribution in [1.29, 1.82) is 0 Å². The summed E-state index contributed by atoms with van der Waals surface area (Å²) < 4.78 is 6.05. The fourth-order valence-electron chi connectivity index (χ4n) is 5.17. The number of carbonyl (C=O) groups is 1. The second-order valence-corrected chi connectivity index (χ2v) is 8.42. The number of hydrogen-bond donors (Lipinski definition) is 2. The number of rotatable bonds is 6. The molecule has 4 rings (SSSR count). The summed E-state index contributed by atoms with van der Waals surface area (Å²) in [5.74, 6) is 0.540. The molecule has 5 heteroatoms. The molecule has 1 aliphatic heterocycles. The van der Waals surface area contributed by atoms with Crippen LogP contribution in [-0.4, -0.2) is 29.3 Å². The van der Waals surface area contributed by atoms with E-state index in [1.807, 2.05) is 35.8 Å². The predicted octanol–water partition coefficient (Wildman–Crippen LogP) is 4.96. The highest BCUT2D eigenvalue weighted by Gasteiger charge is 2.43. The van der Waals surface area contributed by atoms with E-state index in [-0.39, 0.29) is 17.5 Å². The molecule has 1 amide bonds. The molecule has 1 atom stereocenters. The maximum Gasteiger partial charge on any atom is 0.245 e. The zero-order valence-electron chi connectivity index (χ0n) is 17.5. The van der Waals surface area contributed by atoms with Crippen molar-refractivity contribution in [2.24, 2.45) is 0 Å². The van der Waals surface area contributed by atoms with E-state index in [0.717, 1.165) is 48.3 Å². The summed E-state index contributed by atoms with van der Waals surface area (Å²) in [6, 6.07) is 18.4. The van der Waals surface area contributed by atoms with Crippen LogP contribution >= 0.6 is 0 Å². The number of carbonyl (C=O) groups excluding carboxylic acids is 1. The molecule has 1 heterocycles. The van der Waals surface area contributed by atoms with Gasteiger partial charge in [0.2, 0.25) is 5.91 Å². The van der Waals surface area contributed by atoms with Crippen LogP contribution in [0.2, 0.25) is 0 Å². The molecule has 1 aliphatic carbocycles. The number of hydroxylamine groups is 1. The molecule has 0 spiro atoms. The van der Waals surface area contributed by atoms with E-state index >= 15 is 0 Å². The van der Waals surface area contributed by atoms with Gasteiger partial charge in [-0.05, 0) is 43.5 Å². The maximum absolute atomic E-state index is 12.2. The minimum Gasteiger partial charge on any atom is -0.489 e. The Hall–Kier alpha value is -2.79. The van der Waals surface area contributed by atoms with Crippen molar-refractivity contribution in [1.82, 2.24) is 5.48 Å². The quantitative estimate of drug-likeness (QED) is 0.526. The summed E-state index contributed by atoms with van der Waals surface area (Å²) in [6.45, 7) is 2.69. The van der Waals surface area contributed by atoms with Crippen LogP contribution in [0.5, 0.6) is 5.75 Å². The van der Waals surface area contributed by atoms with Gasteiger partial charge in [-0.25, -0.2) is 5.48 Å². The van der Waals surface area contributed by atoms with Crippen molar-refractivity contribution in [2.75, 3.05) is 11.5 Å². The van der Waals surface area contributed by atoms with Gasteiger partial charge in [0.15, 0.2) is 0 Å². The SMILES string of the molecule is CC1C=C(COc2ccccc2)c2ccccc2N1C1(CC(=O)NO)CCCCC1. The first-order chi connectivity index (χ1) is 14.6. The van der Waals surface area contributed by atoms with Crippen molar-refractivity contribution in [3.63, 3.8) is 0 Å². The van der Waals surface area contributed by atoms with Gasteiger partial charge in [0.1, 0.15) is 12.4 Å². The Morgan fingerprint density at radius 1 is 1.10 bits per heavy atom. The van der Waals surface area contributed by atoms with Crippen molar-refractivity contribution in [3.05, 3.63) is 66.2 Å². The summed E-state index contributed by atoms with van der Waals surface area (Å²) in [5.41, 5.74) is 5.03. The van der Waals surface area contributed by atoms with Crippen molar-refractivity contribution < 1.29 is 14.7 Å². The van der Waals surface area contributed by atoms with Crippen LogP contribution in [-0.2, 0) is 4.79 Å². The van der Waals surface area contributed by atoms with E-state index in [2.05, 4.69) is 42.2 Å².